The van der Waals surface area contributed by atoms with Gasteiger partial charge in [-0.25, -0.2) is 8.78 Å². The topological polar surface area (TPSA) is 9.23 Å². The summed E-state index contributed by atoms with van der Waals surface area (Å²) in [6, 6.07) is 0. The van der Waals surface area contributed by atoms with Crippen molar-refractivity contribution >= 4 is 0 Å². The summed E-state index contributed by atoms with van der Waals surface area (Å²) in [6.45, 7) is 12.2. The van der Waals surface area contributed by atoms with Gasteiger partial charge < -0.3 is 4.74 Å². The largest absolute Gasteiger partial charge is 0.493 e. The molecule has 3 heteroatoms. The standard InChI is InChI=1S/C22H36F2O.C5H12/c1-14(2)25-20-13-12-19(21(23)22(20)24)18-10-8-17(9-11-18)16-6-4-15(3)5-7-16;1-3-5-4-2/h15-22H,1,4-13H2,2-3H3;3-5H2,1-2H3. The first-order chi connectivity index (χ1) is 14.4. The third-order valence-corrected chi connectivity index (χ3v) is 8.06. The van der Waals surface area contributed by atoms with Crippen LogP contribution in [0.3, 0.4) is 0 Å². The molecule has 0 aromatic rings. The Bertz CT molecular complexity index is 475. The molecular formula is C27H48F2O. The Morgan fingerprint density at radius 3 is 1.73 bits per heavy atom. The average molecular weight is 427 g/mol. The lowest BCUT2D eigenvalue weighted by Crippen LogP contribution is -2.45. The van der Waals surface area contributed by atoms with E-state index in [2.05, 4.69) is 27.4 Å². The van der Waals surface area contributed by atoms with E-state index in [4.69, 9.17) is 4.74 Å². The predicted molar refractivity (Wildman–Crippen MR) is 124 cm³/mol. The molecule has 1 nitrogen and oxygen atoms in total. The second-order valence-corrected chi connectivity index (χ2v) is 10.5. The second kappa shape index (κ2) is 13.1. The van der Waals surface area contributed by atoms with Crippen LogP contribution < -0.4 is 0 Å². The number of ether oxygens (including phenoxy) is 1. The molecule has 0 heterocycles. The van der Waals surface area contributed by atoms with Crippen molar-refractivity contribution in [3.05, 3.63) is 12.3 Å². The third-order valence-electron chi connectivity index (χ3n) is 8.06. The molecule has 0 aromatic heterocycles. The summed E-state index contributed by atoms with van der Waals surface area (Å²) in [5.41, 5.74) is 0. The highest BCUT2D eigenvalue weighted by Gasteiger charge is 2.45. The second-order valence-electron chi connectivity index (χ2n) is 10.5. The van der Waals surface area contributed by atoms with Gasteiger partial charge in [0.1, 0.15) is 12.3 Å². The summed E-state index contributed by atoms with van der Waals surface area (Å²) in [7, 11) is 0. The van der Waals surface area contributed by atoms with Crippen LogP contribution in [0.4, 0.5) is 8.78 Å². The minimum atomic E-state index is -1.49. The molecule has 3 fully saturated rings. The van der Waals surface area contributed by atoms with Gasteiger partial charge in [-0.2, -0.15) is 0 Å². The molecule has 0 amide bonds. The molecule has 0 radical (unpaired) electrons. The number of unbranched alkanes of at least 4 members (excludes halogenated alkanes) is 2. The van der Waals surface area contributed by atoms with Crippen LogP contribution in [0, 0.1) is 29.6 Å². The molecule has 3 rings (SSSR count). The fourth-order valence-corrected chi connectivity index (χ4v) is 6.15. The minimum absolute atomic E-state index is 0.104. The molecule has 0 saturated heterocycles. The van der Waals surface area contributed by atoms with E-state index in [1.807, 2.05) is 0 Å². The van der Waals surface area contributed by atoms with Gasteiger partial charge in [-0.3, -0.25) is 0 Å². The highest BCUT2D eigenvalue weighted by atomic mass is 19.2. The third kappa shape index (κ3) is 7.52. The van der Waals surface area contributed by atoms with Crippen molar-refractivity contribution in [3.63, 3.8) is 0 Å². The van der Waals surface area contributed by atoms with E-state index >= 15 is 0 Å². The van der Waals surface area contributed by atoms with Gasteiger partial charge in [0.25, 0.3) is 0 Å². The molecule has 3 saturated carbocycles. The van der Waals surface area contributed by atoms with Crippen LogP contribution in [-0.4, -0.2) is 18.4 Å². The van der Waals surface area contributed by atoms with E-state index in [1.165, 1.54) is 57.8 Å². The van der Waals surface area contributed by atoms with E-state index in [9.17, 15) is 8.78 Å². The predicted octanol–water partition coefficient (Wildman–Crippen LogP) is 8.82. The van der Waals surface area contributed by atoms with Crippen molar-refractivity contribution < 1.29 is 13.5 Å². The molecule has 4 unspecified atom stereocenters. The monoisotopic (exact) mass is 426 g/mol. The SMILES string of the molecule is C=C(C)OC1CCC(C2CCC(C3CCC(C)CC3)CC2)C(F)C1F.CCCCC. The number of hydrogen-bond acceptors (Lipinski definition) is 1. The first-order valence-corrected chi connectivity index (χ1v) is 13.0. The lowest BCUT2D eigenvalue weighted by atomic mass is 9.65. The fraction of sp³-hybridized carbons (Fsp3) is 0.926. The summed E-state index contributed by atoms with van der Waals surface area (Å²) in [5.74, 6) is 3.39. The maximum absolute atomic E-state index is 14.7. The van der Waals surface area contributed by atoms with Crippen LogP contribution in [0.2, 0.25) is 0 Å². The maximum atomic E-state index is 14.7. The Balaban J connectivity index is 0.000000575. The highest BCUT2D eigenvalue weighted by molar-refractivity contribution is 4.95. The van der Waals surface area contributed by atoms with Crippen molar-refractivity contribution in [1.29, 1.82) is 0 Å². The summed E-state index contributed by atoms with van der Waals surface area (Å²) >= 11 is 0. The maximum Gasteiger partial charge on any atom is 0.168 e. The molecule has 3 aliphatic rings. The van der Waals surface area contributed by atoms with Crippen LogP contribution >= 0.6 is 0 Å². The van der Waals surface area contributed by atoms with Crippen LogP contribution in [0.25, 0.3) is 0 Å². The van der Waals surface area contributed by atoms with Crippen LogP contribution in [0.1, 0.15) is 111 Å². The zero-order valence-corrected chi connectivity index (χ0v) is 20.2. The van der Waals surface area contributed by atoms with E-state index in [1.54, 1.807) is 6.92 Å². The Hall–Kier alpha value is -0.600. The lowest BCUT2D eigenvalue weighted by molar-refractivity contribution is -0.0676. The number of allylic oxidation sites excluding steroid dienone is 1. The lowest BCUT2D eigenvalue weighted by Gasteiger charge is -2.43. The Labute approximate surface area is 185 Å². The van der Waals surface area contributed by atoms with Gasteiger partial charge in [0.15, 0.2) is 6.17 Å². The molecule has 4 atom stereocenters. The van der Waals surface area contributed by atoms with E-state index < -0.39 is 18.4 Å². The summed E-state index contributed by atoms with van der Waals surface area (Å²) < 4.78 is 34.6. The molecule has 30 heavy (non-hydrogen) atoms. The van der Waals surface area contributed by atoms with Crippen molar-refractivity contribution in [2.45, 2.75) is 130 Å². The zero-order valence-electron chi connectivity index (χ0n) is 20.2. The van der Waals surface area contributed by atoms with E-state index in [0.717, 1.165) is 37.0 Å². The molecule has 0 N–H and O–H groups in total. The van der Waals surface area contributed by atoms with Gasteiger partial charge >= 0.3 is 0 Å². The molecule has 176 valence electrons. The normalized spacial score (nSPS) is 39.5. The summed E-state index contributed by atoms with van der Waals surface area (Å²) in [4.78, 5) is 0. The fourth-order valence-electron chi connectivity index (χ4n) is 6.15. The Kier molecular flexibility index (Phi) is 11.2. The van der Waals surface area contributed by atoms with Gasteiger partial charge in [0.05, 0.1) is 5.76 Å². The van der Waals surface area contributed by atoms with Gasteiger partial charge in [-0.1, -0.05) is 59.5 Å². The molecule has 0 aliphatic heterocycles. The van der Waals surface area contributed by atoms with E-state index in [-0.39, 0.29) is 5.92 Å². The van der Waals surface area contributed by atoms with Crippen molar-refractivity contribution in [3.8, 4) is 0 Å². The van der Waals surface area contributed by atoms with Crippen molar-refractivity contribution in [1.82, 2.24) is 0 Å². The van der Waals surface area contributed by atoms with Gasteiger partial charge in [0.2, 0.25) is 0 Å². The van der Waals surface area contributed by atoms with Gasteiger partial charge in [0, 0.05) is 0 Å². The van der Waals surface area contributed by atoms with Crippen LogP contribution in [-0.2, 0) is 4.74 Å². The first-order valence-electron chi connectivity index (χ1n) is 13.0. The van der Waals surface area contributed by atoms with Crippen molar-refractivity contribution in [2.75, 3.05) is 0 Å². The number of hydrogen-bond donors (Lipinski definition) is 0. The number of halogens is 2. The van der Waals surface area contributed by atoms with Crippen molar-refractivity contribution in [2.24, 2.45) is 29.6 Å². The van der Waals surface area contributed by atoms with Gasteiger partial charge in [-0.05, 0) is 87.9 Å². The molecule has 0 spiro atoms. The number of rotatable bonds is 6. The van der Waals surface area contributed by atoms with Crippen LogP contribution in [0.15, 0.2) is 12.3 Å². The van der Waals surface area contributed by atoms with Gasteiger partial charge in [-0.15, -0.1) is 0 Å². The summed E-state index contributed by atoms with van der Waals surface area (Å²) in [6.07, 6.45) is 12.2. The highest BCUT2D eigenvalue weighted by Crippen LogP contribution is 2.46. The summed E-state index contributed by atoms with van der Waals surface area (Å²) in [5, 5.41) is 0. The average Bonchev–Trinajstić information content (AvgIpc) is 2.73. The smallest absolute Gasteiger partial charge is 0.168 e. The molecule has 3 aliphatic carbocycles. The first kappa shape index (κ1) is 25.7. The molecule has 0 bridgehead atoms. The number of alkyl halides is 2. The minimum Gasteiger partial charge on any atom is -0.493 e. The molecule has 0 aromatic carbocycles. The van der Waals surface area contributed by atoms with E-state index in [0.29, 0.717) is 18.1 Å². The molecular weight excluding hydrogens is 378 g/mol. The van der Waals surface area contributed by atoms with Crippen LogP contribution in [0.5, 0.6) is 0 Å². The quantitative estimate of drug-likeness (QED) is 0.385. The zero-order chi connectivity index (χ0) is 22.1. The Morgan fingerprint density at radius 2 is 1.27 bits per heavy atom. The Morgan fingerprint density at radius 1 is 0.767 bits per heavy atom.